The van der Waals surface area contributed by atoms with E-state index in [-0.39, 0.29) is 5.91 Å². The maximum atomic E-state index is 11.8. The van der Waals surface area contributed by atoms with E-state index in [0.29, 0.717) is 24.7 Å². The van der Waals surface area contributed by atoms with E-state index in [0.717, 1.165) is 18.6 Å². The quantitative estimate of drug-likeness (QED) is 0.790. The molecule has 0 saturated heterocycles. The van der Waals surface area contributed by atoms with E-state index in [1.807, 2.05) is 31.2 Å². The number of carbonyl (C=O) groups is 1. The van der Waals surface area contributed by atoms with E-state index in [4.69, 9.17) is 9.15 Å². The summed E-state index contributed by atoms with van der Waals surface area (Å²) in [6.45, 7) is 5.09. The van der Waals surface area contributed by atoms with Gasteiger partial charge in [0.05, 0.1) is 0 Å². The average molecular weight is 287 g/mol. The number of rotatable bonds is 7. The van der Waals surface area contributed by atoms with Crippen molar-refractivity contribution in [3.8, 4) is 5.75 Å². The summed E-state index contributed by atoms with van der Waals surface area (Å²) in [5.74, 6) is 1.57. The molecule has 1 heterocycles. The number of carbonyl (C=O) groups excluding carboxylic acids is 1. The molecule has 112 valence electrons. The van der Waals surface area contributed by atoms with Gasteiger partial charge in [0.2, 0.25) is 0 Å². The minimum atomic E-state index is -0.176. The maximum absolute atomic E-state index is 11.8. The van der Waals surface area contributed by atoms with Crippen LogP contribution in [0.15, 0.2) is 40.8 Å². The minimum Gasteiger partial charge on any atom is -0.486 e. The summed E-state index contributed by atoms with van der Waals surface area (Å²) in [5.41, 5.74) is 1.19. The molecule has 21 heavy (non-hydrogen) atoms. The fourth-order valence-electron chi connectivity index (χ4n) is 1.83. The van der Waals surface area contributed by atoms with Gasteiger partial charge in [-0.1, -0.05) is 31.0 Å². The zero-order valence-electron chi connectivity index (χ0n) is 12.5. The van der Waals surface area contributed by atoms with Crippen LogP contribution in [0.25, 0.3) is 0 Å². The van der Waals surface area contributed by atoms with Crippen LogP contribution in [-0.4, -0.2) is 12.5 Å². The molecule has 0 radical (unpaired) electrons. The van der Waals surface area contributed by atoms with Gasteiger partial charge in [0.15, 0.2) is 5.76 Å². The Morgan fingerprint density at radius 1 is 1.19 bits per heavy atom. The molecular formula is C17H21NO3. The van der Waals surface area contributed by atoms with Crippen LogP contribution in [0.5, 0.6) is 5.75 Å². The fraction of sp³-hybridized carbons (Fsp3) is 0.353. The van der Waals surface area contributed by atoms with Crippen LogP contribution in [0, 0.1) is 6.92 Å². The molecule has 0 saturated carbocycles. The SMILES string of the molecule is CCCCNC(=O)c1ccc(COc2ccc(C)cc2)o1. The lowest BCUT2D eigenvalue weighted by molar-refractivity contribution is 0.0921. The highest BCUT2D eigenvalue weighted by Crippen LogP contribution is 2.15. The van der Waals surface area contributed by atoms with Crippen molar-refractivity contribution in [3.63, 3.8) is 0 Å². The Morgan fingerprint density at radius 3 is 2.67 bits per heavy atom. The second-order valence-electron chi connectivity index (χ2n) is 4.98. The summed E-state index contributed by atoms with van der Waals surface area (Å²) >= 11 is 0. The molecule has 2 aromatic rings. The molecule has 0 atom stereocenters. The number of hydrogen-bond donors (Lipinski definition) is 1. The molecule has 0 spiro atoms. The van der Waals surface area contributed by atoms with Gasteiger partial charge in [-0.3, -0.25) is 4.79 Å². The van der Waals surface area contributed by atoms with Crippen molar-refractivity contribution in [2.75, 3.05) is 6.54 Å². The van der Waals surface area contributed by atoms with Crippen LogP contribution in [0.4, 0.5) is 0 Å². The maximum Gasteiger partial charge on any atom is 0.286 e. The average Bonchev–Trinajstić information content (AvgIpc) is 2.96. The summed E-state index contributed by atoms with van der Waals surface area (Å²) in [5, 5.41) is 2.82. The highest BCUT2D eigenvalue weighted by molar-refractivity contribution is 5.91. The second kappa shape index (κ2) is 7.53. The third kappa shape index (κ3) is 4.67. The first-order valence-corrected chi connectivity index (χ1v) is 7.25. The normalized spacial score (nSPS) is 10.4. The van der Waals surface area contributed by atoms with Crippen molar-refractivity contribution in [1.29, 1.82) is 0 Å². The third-order valence-electron chi connectivity index (χ3n) is 3.10. The van der Waals surface area contributed by atoms with Gasteiger partial charge >= 0.3 is 0 Å². The molecule has 0 aliphatic carbocycles. The molecule has 0 aliphatic rings. The zero-order valence-corrected chi connectivity index (χ0v) is 12.5. The number of furan rings is 1. The fourth-order valence-corrected chi connectivity index (χ4v) is 1.83. The van der Waals surface area contributed by atoms with Crippen LogP contribution in [-0.2, 0) is 6.61 Å². The van der Waals surface area contributed by atoms with Crippen LogP contribution in [0.2, 0.25) is 0 Å². The minimum absolute atomic E-state index is 0.176. The van der Waals surface area contributed by atoms with E-state index >= 15 is 0 Å². The van der Waals surface area contributed by atoms with E-state index in [2.05, 4.69) is 12.2 Å². The van der Waals surface area contributed by atoms with Gasteiger partial charge in [0, 0.05) is 6.54 Å². The molecule has 1 amide bonds. The Bertz CT molecular complexity index is 572. The lowest BCUT2D eigenvalue weighted by atomic mass is 10.2. The molecule has 1 aromatic carbocycles. The Balaban J connectivity index is 1.85. The van der Waals surface area contributed by atoms with E-state index in [1.165, 1.54) is 5.56 Å². The molecule has 1 aromatic heterocycles. The molecular weight excluding hydrogens is 266 g/mol. The number of unbranched alkanes of at least 4 members (excludes halogenated alkanes) is 1. The zero-order chi connectivity index (χ0) is 15.1. The van der Waals surface area contributed by atoms with E-state index in [9.17, 15) is 4.79 Å². The number of amides is 1. The predicted octanol–water partition coefficient (Wildman–Crippen LogP) is 3.70. The number of hydrogen-bond acceptors (Lipinski definition) is 3. The lowest BCUT2D eigenvalue weighted by Crippen LogP contribution is -2.23. The topological polar surface area (TPSA) is 51.5 Å². The standard InChI is InChI=1S/C17H21NO3/c1-3-4-11-18-17(19)16-10-9-15(21-16)12-20-14-7-5-13(2)6-8-14/h5-10H,3-4,11-12H2,1-2H3,(H,18,19). The summed E-state index contributed by atoms with van der Waals surface area (Å²) in [6.07, 6.45) is 2.02. The number of benzene rings is 1. The molecule has 4 heteroatoms. The van der Waals surface area contributed by atoms with Crippen molar-refractivity contribution in [1.82, 2.24) is 5.32 Å². The van der Waals surface area contributed by atoms with Crippen molar-refractivity contribution >= 4 is 5.91 Å². The number of nitrogens with one attached hydrogen (secondary N) is 1. The highest BCUT2D eigenvalue weighted by atomic mass is 16.5. The predicted molar refractivity (Wildman–Crippen MR) is 81.5 cm³/mol. The Labute approximate surface area is 125 Å². The Kier molecular flexibility index (Phi) is 5.43. The molecule has 0 aliphatic heterocycles. The van der Waals surface area contributed by atoms with Gasteiger partial charge in [0.25, 0.3) is 5.91 Å². The summed E-state index contributed by atoms with van der Waals surface area (Å²) in [4.78, 5) is 11.8. The van der Waals surface area contributed by atoms with Gasteiger partial charge in [-0.05, 0) is 37.6 Å². The first-order valence-electron chi connectivity index (χ1n) is 7.25. The summed E-state index contributed by atoms with van der Waals surface area (Å²) in [7, 11) is 0. The van der Waals surface area contributed by atoms with Gasteiger partial charge in [-0.25, -0.2) is 0 Å². The van der Waals surface area contributed by atoms with Crippen molar-refractivity contribution in [3.05, 3.63) is 53.5 Å². The van der Waals surface area contributed by atoms with Gasteiger partial charge < -0.3 is 14.5 Å². The van der Waals surface area contributed by atoms with Crippen LogP contribution < -0.4 is 10.1 Å². The summed E-state index contributed by atoms with van der Waals surface area (Å²) < 4.78 is 11.1. The second-order valence-corrected chi connectivity index (χ2v) is 4.98. The first-order chi connectivity index (χ1) is 10.2. The van der Waals surface area contributed by atoms with E-state index in [1.54, 1.807) is 12.1 Å². The highest BCUT2D eigenvalue weighted by Gasteiger charge is 2.10. The number of ether oxygens (including phenoxy) is 1. The van der Waals surface area contributed by atoms with Crippen molar-refractivity contribution < 1.29 is 13.9 Å². The summed E-state index contributed by atoms with van der Waals surface area (Å²) in [6, 6.07) is 11.2. The Morgan fingerprint density at radius 2 is 1.95 bits per heavy atom. The third-order valence-corrected chi connectivity index (χ3v) is 3.10. The van der Waals surface area contributed by atoms with Crippen molar-refractivity contribution in [2.24, 2.45) is 0 Å². The molecule has 0 bridgehead atoms. The number of aryl methyl sites for hydroxylation is 1. The molecule has 0 fully saturated rings. The molecule has 0 unspecified atom stereocenters. The largest absolute Gasteiger partial charge is 0.486 e. The Hall–Kier alpha value is -2.23. The lowest BCUT2D eigenvalue weighted by Gasteiger charge is -2.04. The van der Waals surface area contributed by atoms with Crippen LogP contribution in [0.1, 0.15) is 41.6 Å². The van der Waals surface area contributed by atoms with E-state index < -0.39 is 0 Å². The molecule has 4 nitrogen and oxygen atoms in total. The van der Waals surface area contributed by atoms with Crippen LogP contribution in [0.3, 0.4) is 0 Å². The molecule has 2 rings (SSSR count). The molecule has 1 N–H and O–H groups in total. The van der Waals surface area contributed by atoms with Gasteiger partial charge in [0.1, 0.15) is 18.1 Å². The van der Waals surface area contributed by atoms with Gasteiger partial charge in [-0.15, -0.1) is 0 Å². The monoisotopic (exact) mass is 287 g/mol. The smallest absolute Gasteiger partial charge is 0.286 e. The first kappa shape index (κ1) is 15.2. The van der Waals surface area contributed by atoms with Gasteiger partial charge in [-0.2, -0.15) is 0 Å². The van der Waals surface area contributed by atoms with Crippen LogP contribution >= 0.6 is 0 Å². The van der Waals surface area contributed by atoms with Crippen molar-refractivity contribution in [2.45, 2.75) is 33.3 Å².